The summed E-state index contributed by atoms with van der Waals surface area (Å²) in [5.74, 6) is 0.411. The normalized spacial score (nSPS) is 30.6. The number of ether oxygens (including phenoxy) is 1. The van der Waals surface area contributed by atoms with Crippen molar-refractivity contribution in [3.8, 4) is 0 Å². The van der Waals surface area contributed by atoms with Crippen molar-refractivity contribution in [1.29, 1.82) is 0 Å². The lowest BCUT2D eigenvalue weighted by atomic mass is 10.0. The molecule has 1 fully saturated rings. The standard InChI is InChI=1S/C13H21BrO2/c1-8(2)6-9-11(16-13(3,4)5)7-10(15)12(9)14/h6,9,11-12H,7H2,1-5H3/t9-,11+,12?/m1/s1. The van der Waals surface area contributed by atoms with Gasteiger partial charge < -0.3 is 4.74 Å². The van der Waals surface area contributed by atoms with E-state index in [1.54, 1.807) is 0 Å². The van der Waals surface area contributed by atoms with Crippen molar-refractivity contribution in [3.05, 3.63) is 11.6 Å². The van der Waals surface area contributed by atoms with Crippen molar-refractivity contribution in [3.63, 3.8) is 0 Å². The summed E-state index contributed by atoms with van der Waals surface area (Å²) in [7, 11) is 0. The fourth-order valence-corrected chi connectivity index (χ4v) is 2.68. The number of alkyl halides is 1. The molecule has 0 bridgehead atoms. The van der Waals surface area contributed by atoms with Crippen molar-refractivity contribution >= 4 is 21.7 Å². The molecule has 1 aliphatic carbocycles. The smallest absolute Gasteiger partial charge is 0.149 e. The predicted octanol–water partition coefficient (Wildman–Crippen LogP) is 3.49. The summed E-state index contributed by atoms with van der Waals surface area (Å²) in [5.41, 5.74) is 1.03. The number of Topliss-reactive ketones (excluding diaryl/α,β-unsaturated/α-hetero) is 1. The highest BCUT2D eigenvalue weighted by Crippen LogP contribution is 2.35. The van der Waals surface area contributed by atoms with Crippen LogP contribution in [0, 0.1) is 5.92 Å². The van der Waals surface area contributed by atoms with Crippen LogP contribution in [0.3, 0.4) is 0 Å². The fraction of sp³-hybridized carbons (Fsp3) is 0.769. The third-order valence-electron chi connectivity index (χ3n) is 2.51. The van der Waals surface area contributed by atoms with Gasteiger partial charge in [0.1, 0.15) is 5.78 Å². The van der Waals surface area contributed by atoms with E-state index in [1.807, 2.05) is 20.8 Å². The van der Waals surface area contributed by atoms with E-state index in [-0.39, 0.29) is 28.2 Å². The van der Waals surface area contributed by atoms with Crippen LogP contribution in [0.1, 0.15) is 41.0 Å². The molecule has 3 atom stereocenters. The van der Waals surface area contributed by atoms with Crippen molar-refractivity contribution < 1.29 is 9.53 Å². The van der Waals surface area contributed by atoms with Gasteiger partial charge in [-0.2, -0.15) is 0 Å². The first-order chi connectivity index (χ1) is 7.20. The Morgan fingerprint density at radius 2 is 2.00 bits per heavy atom. The molecule has 0 aromatic carbocycles. The number of carbonyl (C=O) groups is 1. The van der Waals surface area contributed by atoms with Crippen molar-refractivity contribution in [2.75, 3.05) is 0 Å². The molecule has 3 heteroatoms. The van der Waals surface area contributed by atoms with Gasteiger partial charge in [0.15, 0.2) is 0 Å². The summed E-state index contributed by atoms with van der Waals surface area (Å²) in [6.45, 7) is 10.2. The van der Waals surface area contributed by atoms with Gasteiger partial charge in [0, 0.05) is 12.3 Å². The summed E-state index contributed by atoms with van der Waals surface area (Å²) in [6, 6.07) is 0. The molecular formula is C13H21BrO2. The molecule has 0 amide bonds. The van der Waals surface area contributed by atoms with Crippen molar-refractivity contribution in [2.45, 2.75) is 57.6 Å². The average molecular weight is 289 g/mol. The van der Waals surface area contributed by atoms with Gasteiger partial charge in [-0.25, -0.2) is 0 Å². The first-order valence-electron chi connectivity index (χ1n) is 5.70. The second-order valence-corrected chi connectivity index (χ2v) is 6.65. The third-order valence-corrected chi connectivity index (χ3v) is 3.63. The molecule has 0 radical (unpaired) electrons. The van der Waals surface area contributed by atoms with Crippen LogP contribution in [0.15, 0.2) is 11.6 Å². The van der Waals surface area contributed by atoms with E-state index in [0.717, 1.165) is 0 Å². The molecule has 2 nitrogen and oxygen atoms in total. The van der Waals surface area contributed by atoms with E-state index in [1.165, 1.54) is 5.57 Å². The van der Waals surface area contributed by atoms with Gasteiger partial charge in [0.2, 0.25) is 0 Å². The Morgan fingerprint density at radius 3 is 2.44 bits per heavy atom. The molecule has 0 heterocycles. The van der Waals surface area contributed by atoms with Crippen molar-refractivity contribution in [2.24, 2.45) is 5.92 Å². The Morgan fingerprint density at radius 1 is 1.44 bits per heavy atom. The van der Waals surface area contributed by atoms with E-state index < -0.39 is 0 Å². The summed E-state index contributed by atoms with van der Waals surface area (Å²) in [4.78, 5) is 11.6. The zero-order chi connectivity index (χ0) is 12.5. The van der Waals surface area contributed by atoms with E-state index in [0.29, 0.717) is 6.42 Å². The van der Waals surface area contributed by atoms with Crippen LogP contribution in [0.25, 0.3) is 0 Å². The van der Waals surface area contributed by atoms with Crippen molar-refractivity contribution in [1.82, 2.24) is 0 Å². The molecule has 16 heavy (non-hydrogen) atoms. The molecule has 0 spiro atoms. The summed E-state index contributed by atoms with van der Waals surface area (Å²) in [5, 5.41) is 0. The van der Waals surface area contributed by atoms with E-state index in [2.05, 4.69) is 35.9 Å². The van der Waals surface area contributed by atoms with Gasteiger partial charge in [0.05, 0.1) is 16.5 Å². The van der Waals surface area contributed by atoms with Gasteiger partial charge in [-0.05, 0) is 34.6 Å². The highest BCUT2D eigenvalue weighted by Gasteiger charge is 2.41. The minimum Gasteiger partial charge on any atom is -0.372 e. The molecule has 0 N–H and O–H groups in total. The number of halogens is 1. The van der Waals surface area contributed by atoms with Gasteiger partial charge in [0.25, 0.3) is 0 Å². The number of hydrogen-bond acceptors (Lipinski definition) is 2. The Bertz CT molecular complexity index is 298. The van der Waals surface area contributed by atoms with Crippen LogP contribution in [-0.2, 0) is 9.53 Å². The minimum absolute atomic E-state index is 0.00627. The Kier molecular flexibility index (Phi) is 4.35. The predicted molar refractivity (Wildman–Crippen MR) is 69.9 cm³/mol. The third kappa shape index (κ3) is 3.70. The van der Waals surface area contributed by atoms with Crippen LogP contribution < -0.4 is 0 Å². The van der Waals surface area contributed by atoms with E-state index >= 15 is 0 Å². The fourth-order valence-electron chi connectivity index (χ4n) is 2.00. The largest absolute Gasteiger partial charge is 0.372 e. The molecule has 1 saturated carbocycles. The second kappa shape index (κ2) is 5.01. The Hall–Kier alpha value is -0.150. The molecule has 1 rings (SSSR count). The number of ketones is 1. The lowest BCUT2D eigenvalue weighted by Crippen LogP contribution is -2.30. The maximum atomic E-state index is 11.7. The molecule has 0 aromatic heterocycles. The summed E-state index contributed by atoms with van der Waals surface area (Å²) in [6.07, 6.45) is 2.66. The van der Waals surface area contributed by atoms with E-state index in [4.69, 9.17) is 4.74 Å². The number of rotatable bonds is 2. The maximum absolute atomic E-state index is 11.7. The first kappa shape index (κ1) is 13.9. The van der Waals surface area contributed by atoms with Gasteiger partial charge in [-0.15, -0.1) is 0 Å². The molecule has 92 valence electrons. The lowest BCUT2D eigenvalue weighted by Gasteiger charge is -2.28. The topological polar surface area (TPSA) is 26.3 Å². The monoisotopic (exact) mass is 288 g/mol. The van der Waals surface area contributed by atoms with Gasteiger partial charge in [-0.1, -0.05) is 27.6 Å². The van der Waals surface area contributed by atoms with Crippen LogP contribution in [0.4, 0.5) is 0 Å². The highest BCUT2D eigenvalue weighted by atomic mass is 79.9. The quantitative estimate of drug-likeness (QED) is 0.574. The number of allylic oxidation sites excluding steroid dienone is 1. The van der Waals surface area contributed by atoms with Crippen LogP contribution in [-0.4, -0.2) is 22.3 Å². The van der Waals surface area contributed by atoms with Crippen LogP contribution in [0.2, 0.25) is 0 Å². The molecule has 0 aliphatic heterocycles. The Labute approximate surface area is 107 Å². The highest BCUT2D eigenvalue weighted by molar-refractivity contribution is 9.10. The summed E-state index contributed by atoms with van der Waals surface area (Å²) < 4.78 is 5.96. The summed E-state index contributed by atoms with van der Waals surface area (Å²) >= 11 is 3.47. The number of hydrogen-bond donors (Lipinski definition) is 0. The minimum atomic E-state index is -0.199. The zero-order valence-corrected chi connectivity index (χ0v) is 12.3. The van der Waals surface area contributed by atoms with Crippen LogP contribution >= 0.6 is 15.9 Å². The SMILES string of the molecule is CC(C)=C[C@H]1C(Br)C(=O)C[C@@H]1OC(C)(C)C. The molecular weight excluding hydrogens is 268 g/mol. The molecule has 1 unspecified atom stereocenters. The molecule has 1 aliphatic rings. The second-order valence-electron chi connectivity index (χ2n) is 5.66. The van der Waals surface area contributed by atoms with E-state index in [9.17, 15) is 4.79 Å². The zero-order valence-electron chi connectivity index (χ0n) is 10.7. The van der Waals surface area contributed by atoms with Gasteiger partial charge >= 0.3 is 0 Å². The van der Waals surface area contributed by atoms with Gasteiger partial charge in [-0.3, -0.25) is 4.79 Å². The average Bonchev–Trinajstić information content (AvgIpc) is 2.29. The Balaban J connectivity index is 2.83. The molecule has 0 saturated heterocycles. The van der Waals surface area contributed by atoms with Crippen LogP contribution in [0.5, 0.6) is 0 Å². The number of carbonyl (C=O) groups excluding carboxylic acids is 1. The first-order valence-corrected chi connectivity index (χ1v) is 6.62. The maximum Gasteiger partial charge on any atom is 0.149 e. The molecule has 0 aromatic rings. The lowest BCUT2D eigenvalue weighted by molar-refractivity contribution is -0.119.